The molecular weight excluding hydrogens is 593 g/mol. The maximum Gasteiger partial charge on any atom is 0.244 e. The molecule has 0 saturated carbocycles. The number of hydrogen-bond donors (Lipinski definition) is 0. The number of aromatic nitrogens is 3. The topological polar surface area (TPSA) is 38.7 Å². The first-order valence-corrected chi connectivity index (χ1v) is 17.3. The molecule has 0 spiro atoms. The van der Waals surface area contributed by atoms with E-state index >= 15 is 0 Å². The van der Waals surface area contributed by atoms with Crippen LogP contribution in [-0.2, 0) is 0 Å². The van der Waals surface area contributed by atoms with E-state index < -0.39 is 0 Å². The zero-order chi connectivity index (χ0) is 32.1. The summed E-state index contributed by atoms with van der Waals surface area (Å²) in [4.78, 5) is 14.7. The van der Waals surface area contributed by atoms with Gasteiger partial charge in [-0.3, -0.25) is 4.98 Å². The number of hydrogen-bond acceptors (Lipinski definition) is 3. The monoisotopic (exact) mass is 623 g/mol. The molecule has 0 amide bonds. The molecular formula is C45H30BN3. The summed E-state index contributed by atoms with van der Waals surface area (Å²) in [5.74, 6) is 1.23. The Labute approximate surface area is 286 Å². The van der Waals surface area contributed by atoms with Gasteiger partial charge < -0.3 is 0 Å². The molecule has 11 rings (SSSR count). The first-order valence-electron chi connectivity index (χ1n) is 17.3. The predicted octanol–water partition coefficient (Wildman–Crippen LogP) is 7.34. The van der Waals surface area contributed by atoms with Crippen molar-refractivity contribution in [2.24, 2.45) is 0 Å². The van der Waals surface area contributed by atoms with Gasteiger partial charge in [0.25, 0.3) is 0 Å². The minimum Gasteiger partial charge on any atom is -0.261 e. The fourth-order valence-electron chi connectivity index (χ4n) is 9.74. The van der Waals surface area contributed by atoms with Crippen molar-refractivity contribution in [2.45, 2.75) is 24.2 Å². The maximum absolute atomic E-state index is 5.16. The maximum atomic E-state index is 5.16. The Morgan fingerprint density at radius 2 is 1.20 bits per heavy atom. The molecule has 3 atom stereocenters. The fourth-order valence-corrected chi connectivity index (χ4v) is 9.74. The Morgan fingerprint density at radius 3 is 2.02 bits per heavy atom. The Kier molecular flexibility index (Phi) is 5.71. The van der Waals surface area contributed by atoms with Crippen LogP contribution in [0.1, 0.15) is 74.4 Å². The minimum absolute atomic E-state index is 0.0157. The molecule has 0 radical (unpaired) electrons. The van der Waals surface area contributed by atoms with Crippen LogP contribution < -0.4 is 16.4 Å². The van der Waals surface area contributed by atoms with Gasteiger partial charge in [0.15, 0.2) is 5.82 Å². The van der Waals surface area contributed by atoms with Crippen LogP contribution in [0.5, 0.6) is 0 Å². The number of allylic oxidation sites excluding steroid dienone is 1. The number of rotatable bonds is 3. The van der Waals surface area contributed by atoms with Crippen molar-refractivity contribution in [1.29, 1.82) is 0 Å². The molecule has 2 aliphatic carbocycles. The van der Waals surface area contributed by atoms with Crippen molar-refractivity contribution in [3.05, 3.63) is 208 Å². The second kappa shape index (κ2) is 10.3. The molecule has 3 nitrogen and oxygen atoms in total. The Morgan fingerprint density at radius 1 is 0.531 bits per heavy atom. The molecule has 4 heterocycles. The third-order valence-corrected chi connectivity index (χ3v) is 11.5. The molecule has 0 saturated heterocycles. The van der Waals surface area contributed by atoms with Gasteiger partial charge in [0.2, 0.25) is 6.71 Å². The molecule has 0 N–H and O–H groups in total. The lowest BCUT2D eigenvalue weighted by Gasteiger charge is -2.43. The molecule has 2 aromatic heterocycles. The second-order valence-corrected chi connectivity index (χ2v) is 13.8. The molecule has 5 aromatic carbocycles. The molecule has 228 valence electrons. The molecule has 49 heavy (non-hydrogen) atoms. The summed E-state index contributed by atoms with van der Waals surface area (Å²) in [5.41, 5.74) is 20.4. The first kappa shape index (κ1) is 27.1. The number of pyridine rings is 1. The smallest absolute Gasteiger partial charge is 0.244 e. The quantitative estimate of drug-likeness (QED) is 0.193. The summed E-state index contributed by atoms with van der Waals surface area (Å²) in [6.07, 6.45) is 6.65. The van der Waals surface area contributed by atoms with E-state index in [9.17, 15) is 0 Å². The first-order chi connectivity index (χ1) is 24.3. The van der Waals surface area contributed by atoms with Crippen molar-refractivity contribution in [2.75, 3.05) is 0 Å². The van der Waals surface area contributed by atoms with Gasteiger partial charge in [-0.2, -0.15) is 0 Å². The summed E-state index contributed by atoms with van der Waals surface area (Å²) in [7, 11) is 0. The van der Waals surface area contributed by atoms with E-state index in [0.29, 0.717) is 0 Å². The van der Waals surface area contributed by atoms with E-state index in [1.807, 2.05) is 24.7 Å². The molecule has 0 bridgehead atoms. The Hall–Kier alpha value is -5.87. The highest BCUT2D eigenvalue weighted by molar-refractivity contribution is 6.97. The van der Waals surface area contributed by atoms with Crippen LogP contribution in [-0.4, -0.2) is 21.7 Å². The summed E-state index contributed by atoms with van der Waals surface area (Å²) >= 11 is 0. The van der Waals surface area contributed by atoms with Crippen LogP contribution in [0, 0.1) is 0 Å². The summed E-state index contributed by atoms with van der Waals surface area (Å²) in [6, 6.07) is 49.4. The SMILES string of the molecule is c1ccc(C2C3=C(c4ccccc42)c2cccc4c2[C@@H](C3)c2cc(-c3ncccn3)cc3c2B4c2cccnc2C3c2ccccc2)cc1. The fraction of sp³-hybridized carbons (Fsp3) is 0.0889. The number of nitrogens with zero attached hydrogens (tertiary/aromatic N) is 3. The van der Waals surface area contributed by atoms with Gasteiger partial charge in [0.1, 0.15) is 0 Å². The van der Waals surface area contributed by atoms with E-state index in [1.54, 1.807) is 0 Å². The van der Waals surface area contributed by atoms with Crippen LogP contribution in [0.3, 0.4) is 0 Å². The molecule has 7 aromatic rings. The second-order valence-electron chi connectivity index (χ2n) is 13.8. The van der Waals surface area contributed by atoms with Gasteiger partial charge in [-0.1, -0.05) is 120 Å². The largest absolute Gasteiger partial charge is 0.261 e. The van der Waals surface area contributed by atoms with Crippen molar-refractivity contribution in [1.82, 2.24) is 15.0 Å². The summed E-state index contributed by atoms with van der Waals surface area (Å²) in [6.45, 7) is 0.106. The third-order valence-electron chi connectivity index (χ3n) is 11.5. The highest BCUT2D eigenvalue weighted by Gasteiger charge is 2.48. The van der Waals surface area contributed by atoms with E-state index in [0.717, 1.165) is 23.5 Å². The molecule has 2 unspecified atom stereocenters. The van der Waals surface area contributed by atoms with Crippen LogP contribution in [0.25, 0.3) is 17.0 Å². The van der Waals surface area contributed by atoms with Crippen LogP contribution >= 0.6 is 0 Å². The van der Waals surface area contributed by atoms with Crippen molar-refractivity contribution < 1.29 is 0 Å². The molecule has 4 aliphatic rings. The van der Waals surface area contributed by atoms with Gasteiger partial charge in [0.05, 0.1) is 5.92 Å². The van der Waals surface area contributed by atoms with E-state index in [4.69, 9.17) is 15.0 Å². The van der Waals surface area contributed by atoms with E-state index in [1.165, 1.54) is 72.0 Å². The van der Waals surface area contributed by atoms with E-state index in [-0.39, 0.29) is 24.5 Å². The highest BCUT2D eigenvalue weighted by Crippen LogP contribution is 2.56. The average Bonchev–Trinajstić information content (AvgIpc) is 3.51. The molecule has 0 fully saturated rings. The zero-order valence-electron chi connectivity index (χ0n) is 26.8. The standard InChI is InChI=1S/C45H30BN3/c1-3-12-27(13-4-1)39-30-16-7-8-17-31(30)41-32-18-9-19-37-42(32)33(26-35(39)41)34-24-29(45-48-22-11-23-49-45)25-36-40(28-14-5-2-6-15-28)44-38(20-10-21-47-44)46(37)43(34)36/h1-25,33,39-40H,26H2/t33-,39?,40?/m0/s1. The van der Waals surface area contributed by atoms with Gasteiger partial charge in [0, 0.05) is 41.7 Å². The predicted molar refractivity (Wildman–Crippen MR) is 197 cm³/mol. The normalized spacial score (nSPS) is 19.0. The van der Waals surface area contributed by atoms with Gasteiger partial charge in [-0.15, -0.1) is 0 Å². The molecule has 4 heteroatoms. The van der Waals surface area contributed by atoms with Gasteiger partial charge >= 0.3 is 0 Å². The third kappa shape index (κ3) is 3.77. The zero-order valence-corrected chi connectivity index (χ0v) is 26.8. The minimum atomic E-state index is 0.0157. The number of fused-ring (bicyclic) bond motifs is 7. The average molecular weight is 624 g/mol. The lowest BCUT2D eigenvalue weighted by atomic mass is 9.29. The van der Waals surface area contributed by atoms with Crippen LogP contribution in [0.4, 0.5) is 0 Å². The molecule has 2 aliphatic heterocycles. The van der Waals surface area contributed by atoms with Gasteiger partial charge in [-0.25, -0.2) is 9.97 Å². The van der Waals surface area contributed by atoms with Crippen molar-refractivity contribution in [3.8, 4) is 11.4 Å². The Bertz CT molecular complexity index is 2490. The van der Waals surface area contributed by atoms with Gasteiger partial charge in [-0.05, 0) is 91.8 Å². The lowest BCUT2D eigenvalue weighted by molar-refractivity contribution is 0.744. The highest BCUT2D eigenvalue weighted by atomic mass is 14.9. The van der Waals surface area contributed by atoms with E-state index in [2.05, 4.69) is 127 Å². The summed E-state index contributed by atoms with van der Waals surface area (Å²) < 4.78 is 0. The van der Waals surface area contributed by atoms with Crippen molar-refractivity contribution in [3.63, 3.8) is 0 Å². The Balaban J connectivity index is 1.23. The van der Waals surface area contributed by atoms with Crippen LogP contribution in [0.2, 0.25) is 0 Å². The number of benzene rings is 5. The lowest BCUT2D eigenvalue weighted by Crippen LogP contribution is -2.63. The summed E-state index contributed by atoms with van der Waals surface area (Å²) in [5, 5.41) is 0. The van der Waals surface area contributed by atoms with Crippen LogP contribution in [0.15, 0.2) is 158 Å². The van der Waals surface area contributed by atoms with Crippen molar-refractivity contribution >= 4 is 28.7 Å².